The van der Waals surface area contributed by atoms with Gasteiger partial charge in [0.15, 0.2) is 0 Å². The first kappa shape index (κ1) is 12.9. The van der Waals surface area contributed by atoms with Gasteiger partial charge >= 0.3 is 0 Å². The maximum Gasteiger partial charge on any atom is 0.0991 e. The number of aromatic nitrogens is 1. The zero-order chi connectivity index (χ0) is 12.7. The van der Waals surface area contributed by atoms with E-state index in [-0.39, 0.29) is 0 Å². The van der Waals surface area contributed by atoms with Crippen molar-refractivity contribution in [2.45, 2.75) is 20.8 Å². The third-order valence-corrected chi connectivity index (χ3v) is 2.20. The lowest BCUT2D eigenvalue weighted by atomic mass is 10.1. The number of nitriles is 1. The van der Waals surface area contributed by atoms with E-state index in [2.05, 4.69) is 11.1 Å². The Bertz CT molecular complexity index is 524. The summed E-state index contributed by atoms with van der Waals surface area (Å²) >= 11 is 0. The highest BCUT2D eigenvalue weighted by Gasteiger charge is 1.99. The zero-order valence-corrected chi connectivity index (χ0v) is 10.4. The average molecular weight is 224 g/mol. The molecule has 0 saturated carbocycles. The molecule has 0 aliphatic rings. The van der Waals surface area contributed by atoms with E-state index in [0.717, 1.165) is 11.3 Å². The fraction of sp³-hybridized carbons (Fsp3) is 0.200. The number of rotatable bonds is 1. The molecule has 2 aromatic rings. The third-order valence-electron chi connectivity index (χ3n) is 2.20. The van der Waals surface area contributed by atoms with Crippen LogP contribution in [-0.2, 0) is 0 Å². The second-order valence-corrected chi connectivity index (χ2v) is 3.41. The maximum atomic E-state index is 8.79. The molecule has 2 rings (SSSR count). The largest absolute Gasteiger partial charge is 0.256 e. The fourth-order valence-corrected chi connectivity index (χ4v) is 1.44. The fourth-order valence-electron chi connectivity index (χ4n) is 1.44. The Labute approximate surface area is 103 Å². The predicted molar refractivity (Wildman–Crippen MR) is 70.5 cm³/mol. The van der Waals surface area contributed by atoms with Crippen LogP contribution in [0.15, 0.2) is 42.6 Å². The average Bonchev–Trinajstić information content (AvgIpc) is 2.41. The van der Waals surface area contributed by atoms with Crippen LogP contribution in [0.25, 0.3) is 11.3 Å². The van der Waals surface area contributed by atoms with E-state index in [9.17, 15) is 0 Å². The molecule has 0 amide bonds. The van der Waals surface area contributed by atoms with Gasteiger partial charge in [0.25, 0.3) is 0 Å². The summed E-state index contributed by atoms with van der Waals surface area (Å²) in [6.45, 7) is 6.03. The molecular weight excluding hydrogens is 208 g/mol. The second kappa shape index (κ2) is 6.44. The molecule has 17 heavy (non-hydrogen) atoms. The van der Waals surface area contributed by atoms with E-state index in [1.807, 2.05) is 51.1 Å². The van der Waals surface area contributed by atoms with Crippen molar-refractivity contribution in [2.24, 2.45) is 0 Å². The lowest BCUT2D eigenvalue weighted by Crippen LogP contribution is -1.85. The monoisotopic (exact) mass is 224 g/mol. The van der Waals surface area contributed by atoms with E-state index < -0.39 is 0 Å². The first-order chi connectivity index (χ1) is 8.29. The van der Waals surface area contributed by atoms with Gasteiger partial charge in [0.2, 0.25) is 0 Å². The SMILES string of the molecule is CC.Cc1ccnc(-c2cccc(C#N)c2)c1. The van der Waals surface area contributed by atoms with Gasteiger partial charge in [0.05, 0.1) is 17.3 Å². The van der Waals surface area contributed by atoms with Crippen LogP contribution in [0.5, 0.6) is 0 Å². The molecule has 2 nitrogen and oxygen atoms in total. The molecule has 1 aromatic carbocycles. The molecule has 0 aliphatic carbocycles. The van der Waals surface area contributed by atoms with Crippen molar-refractivity contribution < 1.29 is 0 Å². The normalized spacial score (nSPS) is 8.82. The van der Waals surface area contributed by atoms with Crippen LogP contribution in [0.3, 0.4) is 0 Å². The Morgan fingerprint density at radius 3 is 2.53 bits per heavy atom. The molecule has 0 fully saturated rings. The lowest BCUT2D eigenvalue weighted by Gasteiger charge is -2.01. The van der Waals surface area contributed by atoms with Crippen molar-refractivity contribution in [3.05, 3.63) is 53.7 Å². The number of nitrogens with zero attached hydrogens (tertiary/aromatic N) is 2. The van der Waals surface area contributed by atoms with Crippen LogP contribution < -0.4 is 0 Å². The van der Waals surface area contributed by atoms with Crippen molar-refractivity contribution >= 4 is 0 Å². The van der Waals surface area contributed by atoms with Crippen LogP contribution in [0.2, 0.25) is 0 Å². The van der Waals surface area contributed by atoms with Crippen molar-refractivity contribution in [3.63, 3.8) is 0 Å². The highest BCUT2D eigenvalue weighted by atomic mass is 14.7. The van der Waals surface area contributed by atoms with Crippen molar-refractivity contribution in [2.75, 3.05) is 0 Å². The van der Waals surface area contributed by atoms with Gasteiger partial charge in [-0.15, -0.1) is 0 Å². The maximum absolute atomic E-state index is 8.79. The molecule has 1 aromatic heterocycles. The number of aryl methyl sites for hydroxylation is 1. The quantitative estimate of drug-likeness (QED) is 0.735. The van der Waals surface area contributed by atoms with Gasteiger partial charge < -0.3 is 0 Å². The summed E-state index contributed by atoms with van der Waals surface area (Å²) in [5.41, 5.74) is 3.73. The van der Waals surface area contributed by atoms with Crippen molar-refractivity contribution in [1.29, 1.82) is 5.26 Å². The highest BCUT2D eigenvalue weighted by Crippen LogP contribution is 2.18. The van der Waals surface area contributed by atoms with E-state index in [1.165, 1.54) is 5.56 Å². The lowest BCUT2D eigenvalue weighted by molar-refractivity contribution is 1.28. The minimum absolute atomic E-state index is 0.663. The molecule has 0 saturated heterocycles. The zero-order valence-electron chi connectivity index (χ0n) is 10.4. The van der Waals surface area contributed by atoms with E-state index in [1.54, 1.807) is 12.3 Å². The van der Waals surface area contributed by atoms with Crippen LogP contribution in [0.4, 0.5) is 0 Å². The molecule has 0 radical (unpaired) electrons. The molecule has 86 valence electrons. The van der Waals surface area contributed by atoms with Gasteiger partial charge in [-0.2, -0.15) is 5.26 Å². The van der Waals surface area contributed by atoms with E-state index in [4.69, 9.17) is 5.26 Å². The van der Waals surface area contributed by atoms with Gasteiger partial charge in [-0.25, -0.2) is 0 Å². The predicted octanol–water partition coefficient (Wildman–Crippen LogP) is 3.95. The summed E-state index contributed by atoms with van der Waals surface area (Å²) < 4.78 is 0. The molecule has 0 aliphatic heterocycles. The Morgan fingerprint density at radius 1 is 1.12 bits per heavy atom. The number of hydrogen-bond donors (Lipinski definition) is 0. The number of benzene rings is 1. The molecule has 0 bridgehead atoms. The molecule has 0 atom stereocenters. The Hall–Kier alpha value is -2.14. The van der Waals surface area contributed by atoms with Gasteiger partial charge in [-0.3, -0.25) is 4.98 Å². The standard InChI is InChI=1S/C13H10N2.C2H6/c1-10-5-6-15-13(7-10)12-4-2-3-11(8-12)9-14;1-2/h2-8H,1H3;1-2H3. The smallest absolute Gasteiger partial charge is 0.0991 e. The van der Waals surface area contributed by atoms with Gasteiger partial charge in [-0.05, 0) is 36.8 Å². The first-order valence-corrected chi connectivity index (χ1v) is 5.73. The van der Waals surface area contributed by atoms with Gasteiger partial charge in [0, 0.05) is 11.8 Å². The third kappa shape index (κ3) is 3.42. The van der Waals surface area contributed by atoms with E-state index >= 15 is 0 Å². The van der Waals surface area contributed by atoms with Gasteiger partial charge in [-0.1, -0.05) is 26.0 Å². The number of pyridine rings is 1. The molecule has 1 heterocycles. The first-order valence-electron chi connectivity index (χ1n) is 5.73. The Morgan fingerprint density at radius 2 is 1.88 bits per heavy atom. The highest BCUT2D eigenvalue weighted by molar-refractivity contribution is 5.61. The van der Waals surface area contributed by atoms with Crippen LogP contribution in [0.1, 0.15) is 25.0 Å². The molecule has 0 unspecified atom stereocenters. The van der Waals surface area contributed by atoms with Crippen molar-refractivity contribution in [1.82, 2.24) is 4.98 Å². The van der Waals surface area contributed by atoms with Crippen LogP contribution in [0, 0.1) is 18.3 Å². The van der Waals surface area contributed by atoms with Crippen LogP contribution in [-0.4, -0.2) is 4.98 Å². The summed E-state index contributed by atoms with van der Waals surface area (Å²) in [5, 5.41) is 8.79. The summed E-state index contributed by atoms with van der Waals surface area (Å²) in [7, 11) is 0. The summed E-state index contributed by atoms with van der Waals surface area (Å²) in [4.78, 5) is 4.28. The Balaban J connectivity index is 0.000000686. The Kier molecular flexibility index (Phi) is 4.90. The molecule has 0 spiro atoms. The minimum atomic E-state index is 0.663. The van der Waals surface area contributed by atoms with Crippen molar-refractivity contribution in [3.8, 4) is 17.3 Å². The molecule has 2 heteroatoms. The summed E-state index contributed by atoms with van der Waals surface area (Å²) in [6.07, 6.45) is 1.78. The molecular formula is C15H16N2. The van der Waals surface area contributed by atoms with E-state index in [0.29, 0.717) is 5.56 Å². The summed E-state index contributed by atoms with van der Waals surface area (Å²) in [6, 6.07) is 13.6. The summed E-state index contributed by atoms with van der Waals surface area (Å²) in [5.74, 6) is 0. The minimum Gasteiger partial charge on any atom is -0.256 e. The van der Waals surface area contributed by atoms with Gasteiger partial charge in [0.1, 0.15) is 0 Å². The second-order valence-electron chi connectivity index (χ2n) is 3.41. The van der Waals surface area contributed by atoms with Crippen LogP contribution >= 0.6 is 0 Å². The topological polar surface area (TPSA) is 36.7 Å². The number of hydrogen-bond acceptors (Lipinski definition) is 2. The molecule has 0 N–H and O–H groups in total.